The molecule has 0 bridgehead atoms. The average Bonchev–Trinajstić information content (AvgIpc) is 2.46. The van der Waals surface area contributed by atoms with E-state index in [0.29, 0.717) is 10.9 Å². The van der Waals surface area contributed by atoms with Gasteiger partial charge in [0, 0.05) is 31.6 Å². The van der Waals surface area contributed by atoms with Gasteiger partial charge in [-0.25, -0.2) is 4.98 Å². The molecule has 2 heterocycles. The summed E-state index contributed by atoms with van der Waals surface area (Å²) in [6, 6.07) is 7.15. The SMILES string of the molecule is Cl.FC(F)(F)c1ccc2nc(N3CCNCC3)ccc2c1. The normalized spacial score (nSPS) is 15.9. The van der Waals surface area contributed by atoms with Gasteiger partial charge in [0.15, 0.2) is 0 Å². The number of alkyl halides is 3. The number of fused-ring (bicyclic) bond motifs is 1. The molecule has 0 spiro atoms. The number of piperazine rings is 1. The predicted octanol–water partition coefficient (Wildman–Crippen LogP) is 3.09. The summed E-state index contributed by atoms with van der Waals surface area (Å²) in [6.07, 6.45) is -4.31. The fourth-order valence-corrected chi connectivity index (χ4v) is 2.36. The number of hydrogen-bond acceptors (Lipinski definition) is 3. The van der Waals surface area contributed by atoms with Crippen LogP contribution >= 0.6 is 12.4 Å². The Morgan fingerprint density at radius 2 is 1.76 bits per heavy atom. The highest BCUT2D eigenvalue weighted by atomic mass is 35.5. The summed E-state index contributed by atoms with van der Waals surface area (Å²) in [5, 5.41) is 3.76. The Kier molecular flexibility index (Phi) is 4.58. The molecule has 0 amide bonds. The summed E-state index contributed by atoms with van der Waals surface area (Å²) in [4.78, 5) is 6.59. The van der Waals surface area contributed by atoms with Crippen LogP contribution in [0.3, 0.4) is 0 Å². The van der Waals surface area contributed by atoms with Crippen LogP contribution in [0, 0.1) is 0 Å². The Balaban J connectivity index is 0.00000161. The minimum atomic E-state index is -4.31. The first-order valence-corrected chi connectivity index (χ1v) is 6.48. The van der Waals surface area contributed by atoms with Gasteiger partial charge in [0.05, 0.1) is 11.1 Å². The minimum Gasteiger partial charge on any atom is -0.354 e. The molecule has 3 nitrogen and oxygen atoms in total. The molecule has 0 unspecified atom stereocenters. The van der Waals surface area contributed by atoms with E-state index in [1.165, 1.54) is 6.07 Å². The summed E-state index contributed by atoms with van der Waals surface area (Å²) < 4.78 is 38.0. The van der Waals surface area contributed by atoms with Crippen molar-refractivity contribution < 1.29 is 13.2 Å². The molecule has 2 aromatic rings. The van der Waals surface area contributed by atoms with Gasteiger partial charge in [-0.05, 0) is 30.3 Å². The fourth-order valence-electron chi connectivity index (χ4n) is 2.36. The Morgan fingerprint density at radius 3 is 2.43 bits per heavy atom. The first-order valence-electron chi connectivity index (χ1n) is 6.48. The van der Waals surface area contributed by atoms with Crippen LogP contribution in [0.1, 0.15) is 5.56 Å². The Hall–Kier alpha value is -1.53. The van der Waals surface area contributed by atoms with E-state index < -0.39 is 11.7 Å². The summed E-state index contributed by atoms with van der Waals surface area (Å²) in [7, 11) is 0. The van der Waals surface area contributed by atoms with Crippen LogP contribution in [0.5, 0.6) is 0 Å². The average molecular weight is 318 g/mol. The van der Waals surface area contributed by atoms with Gasteiger partial charge in [-0.3, -0.25) is 0 Å². The molecule has 1 fully saturated rings. The maximum absolute atomic E-state index is 12.7. The highest BCUT2D eigenvalue weighted by Crippen LogP contribution is 2.31. The van der Waals surface area contributed by atoms with E-state index in [2.05, 4.69) is 15.2 Å². The monoisotopic (exact) mass is 317 g/mol. The van der Waals surface area contributed by atoms with Crippen molar-refractivity contribution in [3.05, 3.63) is 35.9 Å². The van der Waals surface area contributed by atoms with E-state index in [0.717, 1.165) is 44.1 Å². The largest absolute Gasteiger partial charge is 0.416 e. The molecule has 1 aliphatic heterocycles. The number of benzene rings is 1. The number of halogens is 4. The second-order valence-electron chi connectivity index (χ2n) is 4.81. The molecule has 7 heteroatoms. The standard InChI is InChI=1S/C14H14F3N3.ClH/c15-14(16,17)11-2-3-12-10(9-11)1-4-13(19-12)20-7-5-18-6-8-20;/h1-4,9,18H,5-8H2;1H. The van der Waals surface area contributed by atoms with Crippen molar-refractivity contribution in [2.24, 2.45) is 0 Å². The zero-order chi connectivity index (χ0) is 14.2. The lowest BCUT2D eigenvalue weighted by atomic mass is 10.1. The van der Waals surface area contributed by atoms with Crippen LogP contribution in [-0.2, 0) is 6.18 Å². The number of rotatable bonds is 1. The maximum atomic E-state index is 12.7. The summed E-state index contributed by atoms with van der Waals surface area (Å²) >= 11 is 0. The highest BCUT2D eigenvalue weighted by Gasteiger charge is 2.30. The number of aromatic nitrogens is 1. The lowest BCUT2D eigenvalue weighted by Gasteiger charge is -2.28. The molecule has 1 aromatic heterocycles. The van der Waals surface area contributed by atoms with Crippen molar-refractivity contribution in [2.45, 2.75) is 6.18 Å². The number of nitrogens with one attached hydrogen (secondary N) is 1. The molecule has 1 saturated heterocycles. The van der Waals surface area contributed by atoms with Crippen LogP contribution < -0.4 is 10.2 Å². The molecule has 0 aliphatic carbocycles. The van der Waals surface area contributed by atoms with Gasteiger partial charge in [-0.1, -0.05) is 0 Å². The van der Waals surface area contributed by atoms with Crippen LogP contribution in [-0.4, -0.2) is 31.2 Å². The lowest BCUT2D eigenvalue weighted by Crippen LogP contribution is -2.43. The van der Waals surface area contributed by atoms with E-state index in [-0.39, 0.29) is 12.4 Å². The summed E-state index contributed by atoms with van der Waals surface area (Å²) in [6.45, 7) is 3.51. The highest BCUT2D eigenvalue weighted by molar-refractivity contribution is 5.85. The van der Waals surface area contributed by atoms with Gasteiger partial charge in [-0.15, -0.1) is 12.4 Å². The number of pyridine rings is 1. The van der Waals surface area contributed by atoms with Crippen LogP contribution in [0.25, 0.3) is 10.9 Å². The molecule has 1 aliphatic rings. The third-order valence-electron chi connectivity index (χ3n) is 3.44. The van der Waals surface area contributed by atoms with Crippen molar-refractivity contribution in [1.82, 2.24) is 10.3 Å². The van der Waals surface area contributed by atoms with E-state index in [1.54, 1.807) is 12.1 Å². The van der Waals surface area contributed by atoms with Gasteiger partial charge < -0.3 is 10.2 Å². The second-order valence-corrected chi connectivity index (χ2v) is 4.81. The number of anilines is 1. The first-order chi connectivity index (χ1) is 9.54. The second kappa shape index (κ2) is 6.07. The molecule has 0 saturated carbocycles. The Bertz CT molecular complexity index is 624. The maximum Gasteiger partial charge on any atom is 0.416 e. The lowest BCUT2D eigenvalue weighted by molar-refractivity contribution is -0.137. The predicted molar refractivity (Wildman–Crippen MR) is 79.1 cm³/mol. The van der Waals surface area contributed by atoms with Crippen molar-refractivity contribution in [1.29, 1.82) is 0 Å². The topological polar surface area (TPSA) is 28.2 Å². The zero-order valence-corrected chi connectivity index (χ0v) is 12.0. The number of hydrogen-bond donors (Lipinski definition) is 1. The third kappa shape index (κ3) is 3.39. The van der Waals surface area contributed by atoms with E-state index in [4.69, 9.17) is 0 Å². The van der Waals surface area contributed by atoms with Crippen LogP contribution in [0.4, 0.5) is 19.0 Å². The zero-order valence-electron chi connectivity index (χ0n) is 11.2. The Morgan fingerprint density at radius 1 is 1.05 bits per heavy atom. The molecule has 0 atom stereocenters. The first kappa shape index (κ1) is 15.9. The van der Waals surface area contributed by atoms with Crippen molar-refractivity contribution >= 4 is 29.1 Å². The van der Waals surface area contributed by atoms with Gasteiger partial charge in [0.2, 0.25) is 0 Å². The summed E-state index contributed by atoms with van der Waals surface area (Å²) in [5.74, 6) is 0.818. The molecule has 0 radical (unpaired) electrons. The van der Waals surface area contributed by atoms with E-state index in [9.17, 15) is 13.2 Å². The molecular weight excluding hydrogens is 303 g/mol. The van der Waals surface area contributed by atoms with Crippen LogP contribution in [0.2, 0.25) is 0 Å². The molecule has 3 rings (SSSR count). The molecule has 114 valence electrons. The third-order valence-corrected chi connectivity index (χ3v) is 3.44. The summed E-state index contributed by atoms with van der Waals surface area (Å²) in [5.41, 5.74) is -0.0456. The van der Waals surface area contributed by atoms with Gasteiger partial charge >= 0.3 is 6.18 Å². The van der Waals surface area contributed by atoms with Crippen molar-refractivity contribution in [2.75, 3.05) is 31.1 Å². The fraction of sp³-hybridized carbons (Fsp3) is 0.357. The van der Waals surface area contributed by atoms with Crippen molar-refractivity contribution in [3.63, 3.8) is 0 Å². The number of nitrogens with zero attached hydrogens (tertiary/aromatic N) is 2. The minimum absolute atomic E-state index is 0. The van der Waals surface area contributed by atoms with Gasteiger partial charge in [-0.2, -0.15) is 13.2 Å². The quantitative estimate of drug-likeness (QED) is 0.876. The van der Waals surface area contributed by atoms with E-state index >= 15 is 0 Å². The van der Waals surface area contributed by atoms with Crippen molar-refractivity contribution in [3.8, 4) is 0 Å². The smallest absolute Gasteiger partial charge is 0.354 e. The molecule has 1 N–H and O–H groups in total. The molecular formula is C14H15ClF3N3. The molecule has 1 aromatic carbocycles. The van der Waals surface area contributed by atoms with Gasteiger partial charge in [0.25, 0.3) is 0 Å². The van der Waals surface area contributed by atoms with Gasteiger partial charge in [0.1, 0.15) is 5.82 Å². The Labute approximate surface area is 126 Å². The van der Waals surface area contributed by atoms with E-state index in [1.807, 2.05) is 0 Å². The van der Waals surface area contributed by atoms with Crippen LogP contribution in [0.15, 0.2) is 30.3 Å². The molecule has 21 heavy (non-hydrogen) atoms.